The van der Waals surface area contributed by atoms with Crippen LogP contribution in [0.1, 0.15) is 28.3 Å². The average Bonchev–Trinajstić information content (AvgIpc) is 2.59. The van der Waals surface area contributed by atoms with Gasteiger partial charge in [0, 0.05) is 23.7 Å². The second-order valence-corrected chi connectivity index (χ2v) is 4.05. The Labute approximate surface area is 82.3 Å². The molecule has 2 unspecified atom stereocenters. The van der Waals surface area contributed by atoms with Crippen molar-refractivity contribution in [1.82, 2.24) is 0 Å². The van der Waals surface area contributed by atoms with Crippen LogP contribution in [-0.4, -0.2) is 18.4 Å². The lowest BCUT2D eigenvalue weighted by Crippen LogP contribution is -2.36. The minimum absolute atomic E-state index is 0.0989. The van der Waals surface area contributed by atoms with Gasteiger partial charge in [-0.15, -0.1) is 0 Å². The summed E-state index contributed by atoms with van der Waals surface area (Å²) in [4.78, 5) is 11.8. The summed E-state index contributed by atoms with van der Waals surface area (Å²) in [7, 11) is 0. The van der Waals surface area contributed by atoms with Crippen LogP contribution in [0.3, 0.4) is 0 Å². The van der Waals surface area contributed by atoms with Crippen molar-refractivity contribution in [2.45, 2.75) is 18.4 Å². The molecular formula is C11H12N2O. The standard InChI is InChI=1S/C11H12N2O/c12-8-4-6-5-13-9-3-1-2-7(10(6)9)11(8)14/h1-3,6,8,13H,4-5,12H2. The molecule has 1 aromatic rings. The molecule has 0 radical (unpaired) electrons. The van der Waals surface area contributed by atoms with Crippen molar-refractivity contribution in [2.24, 2.45) is 5.73 Å². The van der Waals surface area contributed by atoms with Crippen LogP contribution in [-0.2, 0) is 0 Å². The maximum Gasteiger partial charge on any atom is 0.179 e. The number of benzene rings is 1. The van der Waals surface area contributed by atoms with Crippen molar-refractivity contribution in [1.29, 1.82) is 0 Å². The van der Waals surface area contributed by atoms with Gasteiger partial charge in [-0.2, -0.15) is 0 Å². The van der Waals surface area contributed by atoms with Gasteiger partial charge in [-0.25, -0.2) is 0 Å². The zero-order chi connectivity index (χ0) is 9.71. The number of carbonyl (C=O) groups is 1. The van der Waals surface area contributed by atoms with Gasteiger partial charge in [0.2, 0.25) is 0 Å². The van der Waals surface area contributed by atoms with Crippen LogP contribution in [0, 0.1) is 0 Å². The van der Waals surface area contributed by atoms with Crippen molar-refractivity contribution < 1.29 is 4.79 Å². The molecule has 0 saturated heterocycles. The second kappa shape index (κ2) is 2.58. The molecule has 0 bridgehead atoms. The Kier molecular flexibility index (Phi) is 1.47. The van der Waals surface area contributed by atoms with Crippen LogP contribution in [0.25, 0.3) is 0 Å². The van der Waals surface area contributed by atoms with Crippen molar-refractivity contribution in [3.8, 4) is 0 Å². The highest BCUT2D eigenvalue weighted by molar-refractivity contribution is 6.04. The van der Waals surface area contributed by atoms with E-state index >= 15 is 0 Å². The fourth-order valence-electron chi connectivity index (χ4n) is 2.52. The van der Waals surface area contributed by atoms with Crippen LogP contribution in [0.15, 0.2) is 18.2 Å². The fourth-order valence-corrected chi connectivity index (χ4v) is 2.52. The summed E-state index contributed by atoms with van der Waals surface area (Å²) in [5.41, 5.74) is 8.95. The van der Waals surface area contributed by atoms with Crippen molar-refractivity contribution in [3.05, 3.63) is 29.3 Å². The number of ketones is 1. The second-order valence-electron chi connectivity index (χ2n) is 4.05. The first-order valence-corrected chi connectivity index (χ1v) is 4.94. The Morgan fingerprint density at radius 1 is 1.43 bits per heavy atom. The van der Waals surface area contributed by atoms with Crippen LogP contribution in [0.5, 0.6) is 0 Å². The predicted molar refractivity (Wildman–Crippen MR) is 54.6 cm³/mol. The number of nitrogens with two attached hydrogens (primary N) is 1. The third-order valence-corrected chi connectivity index (χ3v) is 3.19. The first kappa shape index (κ1) is 8.00. The SMILES string of the molecule is NC1CC2CNc3cccc(c32)C1=O. The summed E-state index contributed by atoms with van der Waals surface area (Å²) in [6.45, 7) is 0.924. The monoisotopic (exact) mass is 188 g/mol. The highest BCUT2D eigenvalue weighted by Crippen LogP contribution is 2.40. The minimum atomic E-state index is -0.303. The topological polar surface area (TPSA) is 55.1 Å². The quantitative estimate of drug-likeness (QED) is 0.641. The van der Waals surface area contributed by atoms with Crippen LogP contribution >= 0.6 is 0 Å². The molecule has 1 aromatic carbocycles. The molecule has 1 aliphatic carbocycles. The lowest BCUT2D eigenvalue weighted by molar-refractivity contribution is 0.0943. The van der Waals surface area contributed by atoms with E-state index in [4.69, 9.17) is 5.73 Å². The molecule has 3 rings (SSSR count). The zero-order valence-electron chi connectivity index (χ0n) is 7.79. The molecule has 3 N–H and O–H groups in total. The number of rotatable bonds is 0. The Bertz CT molecular complexity index is 414. The van der Waals surface area contributed by atoms with E-state index in [9.17, 15) is 4.79 Å². The Balaban J connectivity index is 2.24. The van der Waals surface area contributed by atoms with Gasteiger partial charge in [-0.3, -0.25) is 4.79 Å². The number of nitrogens with one attached hydrogen (secondary N) is 1. The average molecular weight is 188 g/mol. The van der Waals surface area contributed by atoms with Gasteiger partial charge in [-0.05, 0) is 18.1 Å². The highest BCUT2D eigenvalue weighted by Gasteiger charge is 2.35. The summed E-state index contributed by atoms with van der Waals surface area (Å²) < 4.78 is 0. The molecule has 2 atom stereocenters. The first-order chi connectivity index (χ1) is 6.77. The Morgan fingerprint density at radius 2 is 2.29 bits per heavy atom. The number of Topliss-reactive ketones (excluding diaryl/α,β-unsaturated/α-hetero) is 1. The van der Waals surface area contributed by atoms with E-state index in [0.717, 1.165) is 24.2 Å². The number of hydrogen-bond acceptors (Lipinski definition) is 3. The van der Waals surface area contributed by atoms with Gasteiger partial charge >= 0.3 is 0 Å². The van der Waals surface area contributed by atoms with Gasteiger partial charge < -0.3 is 11.1 Å². The molecule has 3 nitrogen and oxygen atoms in total. The molecule has 0 spiro atoms. The third-order valence-electron chi connectivity index (χ3n) is 3.19. The molecule has 1 aliphatic heterocycles. The van der Waals surface area contributed by atoms with Gasteiger partial charge in [0.25, 0.3) is 0 Å². The summed E-state index contributed by atoms with van der Waals surface area (Å²) in [5.74, 6) is 0.538. The van der Waals surface area contributed by atoms with Crippen molar-refractivity contribution >= 4 is 11.5 Å². The summed E-state index contributed by atoms with van der Waals surface area (Å²) in [6.07, 6.45) is 0.788. The minimum Gasteiger partial charge on any atom is -0.384 e. The predicted octanol–water partition coefficient (Wildman–Crippen LogP) is 1.11. The summed E-state index contributed by atoms with van der Waals surface area (Å²) in [6, 6.07) is 5.53. The maximum absolute atomic E-state index is 11.8. The maximum atomic E-state index is 11.8. The molecule has 0 aromatic heterocycles. The van der Waals surface area contributed by atoms with E-state index in [1.54, 1.807) is 0 Å². The Hall–Kier alpha value is -1.35. The van der Waals surface area contributed by atoms with E-state index < -0.39 is 0 Å². The molecule has 72 valence electrons. The van der Waals surface area contributed by atoms with Crippen LogP contribution < -0.4 is 11.1 Å². The molecule has 0 fully saturated rings. The number of hydrogen-bond donors (Lipinski definition) is 2. The molecular weight excluding hydrogens is 176 g/mol. The summed E-state index contributed by atoms with van der Waals surface area (Å²) >= 11 is 0. The number of carbonyl (C=O) groups excluding carboxylic acids is 1. The molecule has 0 amide bonds. The number of anilines is 1. The van der Waals surface area contributed by atoms with E-state index in [1.807, 2.05) is 18.2 Å². The molecule has 0 saturated carbocycles. The van der Waals surface area contributed by atoms with Crippen molar-refractivity contribution in [3.63, 3.8) is 0 Å². The Morgan fingerprint density at radius 3 is 3.14 bits per heavy atom. The lowest BCUT2D eigenvalue weighted by atomic mass is 9.81. The molecule has 2 aliphatic rings. The summed E-state index contributed by atoms with van der Waals surface area (Å²) in [5, 5.41) is 3.32. The smallest absolute Gasteiger partial charge is 0.179 e. The van der Waals surface area contributed by atoms with E-state index in [1.165, 1.54) is 5.56 Å². The third kappa shape index (κ3) is 0.876. The largest absolute Gasteiger partial charge is 0.384 e. The van der Waals surface area contributed by atoms with Crippen LogP contribution in [0.2, 0.25) is 0 Å². The van der Waals surface area contributed by atoms with Crippen LogP contribution in [0.4, 0.5) is 5.69 Å². The lowest BCUT2D eigenvalue weighted by Gasteiger charge is -2.24. The highest BCUT2D eigenvalue weighted by atomic mass is 16.1. The van der Waals surface area contributed by atoms with E-state index in [-0.39, 0.29) is 11.8 Å². The molecule has 14 heavy (non-hydrogen) atoms. The molecule has 1 heterocycles. The van der Waals surface area contributed by atoms with Gasteiger partial charge in [0.05, 0.1) is 6.04 Å². The zero-order valence-corrected chi connectivity index (χ0v) is 7.79. The van der Waals surface area contributed by atoms with E-state index in [0.29, 0.717) is 5.92 Å². The van der Waals surface area contributed by atoms with E-state index in [2.05, 4.69) is 5.32 Å². The molecule has 3 heteroatoms. The van der Waals surface area contributed by atoms with Crippen molar-refractivity contribution in [2.75, 3.05) is 11.9 Å². The normalized spacial score (nSPS) is 28.5. The van der Waals surface area contributed by atoms with Gasteiger partial charge in [-0.1, -0.05) is 12.1 Å². The van der Waals surface area contributed by atoms with Gasteiger partial charge in [0.1, 0.15) is 0 Å². The first-order valence-electron chi connectivity index (χ1n) is 4.94. The fraction of sp³-hybridized carbons (Fsp3) is 0.364. The van der Waals surface area contributed by atoms with Gasteiger partial charge in [0.15, 0.2) is 5.78 Å².